The van der Waals surface area contributed by atoms with Crippen molar-refractivity contribution in [3.63, 3.8) is 0 Å². The van der Waals surface area contributed by atoms with E-state index in [0.29, 0.717) is 12.2 Å². The summed E-state index contributed by atoms with van der Waals surface area (Å²) in [7, 11) is 0. The van der Waals surface area contributed by atoms with Gasteiger partial charge in [-0.1, -0.05) is 12.1 Å². The number of benzene rings is 2. The number of para-hydroxylation sites is 2. The van der Waals surface area contributed by atoms with Crippen LogP contribution in [0.5, 0.6) is 5.75 Å². The van der Waals surface area contributed by atoms with Gasteiger partial charge in [-0.25, -0.2) is 9.66 Å². The lowest BCUT2D eigenvalue weighted by molar-refractivity contribution is 0.0983. The van der Waals surface area contributed by atoms with Crippen LogP contribution in [0, 0.1) is 6.92 Å². The van der Waals surface area contributed by atoms with Crippen LogP contribution in [-0.2, 0) is 0 Å². The first-order valence-electron chi connectivity index (χ1n) is 8.06. The molecule has 25 heavy (non-hydrogen) atoms. The molecule has 0 atom stereocenters. The molecule has 0 bridgehead atoms. The Morgan fingerprint density at radius 2 is 2.12 bits per heavy atom. The second kappa shape index (κ2) is 5.98. The molecule has 126 valence electrons. The molecule has 0 saturated heterocycles. The Bertz CT molecular complexity index is 1080. The number of aryl methyl sites for hydroxylation is 1. The largest absolute Gasteiger partial charge is 0.494 e. The topological polar surface area (TPSA) is 69.3 Å². The Labute approximate surface area is 144 Å². The van der Waals surface area contributed by atoms with E-state index < -0.39 is 0 Å². The molecule has 1 amide bonds. The van der Waals surface area contributed by atoms with Gasteiger partial charge in [-0.15, -0.1) is 0 Å². The maximum atomic E-state index is 12.7. The number of furan rings is 1. The van der Waals surface area contributed by atoms with Gasteiger partial charge >= 0.3 is 5.91 Å². The highest BCUT2D eigenvalue weighted by atomic mass is 16.5. The monoisotopic (exact) mass is 335 g/mol. The van der Waals surface area contributed by atoms with Crippen LogP contribution in [0.15, 0.2) is 53.2 Å². The van der Waals surface area contributed by atoms with E-state index in [9.17, 15) is 4.79 Å². The minimum absolute atomic E-state index is 0.279. The second-order valence-corrected chi connectivity index (χ2v) is 5.69. The molecule has 0 aliphatic heterocycles. The predicted molar refractivity (Wildman–Crippen MR) is 95.5 cm³/mol. The molecule has 0 unspecified atom stereocenters. The number of carbonyl (C=O) groups excluding carboxylic acids is 1. The summed E-state index contributed by atoms with van der Waals surface area (Å²) in [5.41, 5.74) is 5.88. The Balaban J connectivity index is 1.69. The van der Waals surface area contributed by atoms with Crippen LogP contribution >= 0.6 is 0 Å². The third-order valence-corrected chi connectivity index (χ3v) is 4.10. The quantitative estimate of drug-likeness (QED) is 0.614. The van der Waals surface area contributed by atoms with E-state index in [1.54, 1.807) is 11.0 Å². The maximum absolute atomic E-state index is 12.7. The standard InChI is InChI=1S/C19H17N3O3/c1-3-24-13-8-9-17-14(10-13)12(2)18(25-17)19(23)21-22-11-20-15-6-4-5-7-16(15)22/h4-11H,3H2,1-2H3,(H,21,23). The summed E-state index contributed by atoms with van der Waals surface area (Å²) in [6.45, 7) is 4.38. The van der Waals surface area contributed by atoms with Gasteiger partial charge in [-0.3, -0.25) is 10.2 Å². The molecular formula is C19H17N3O3. The minimum Gasteiger partial charge on any atom is -0.494 e. The van der Waals surface area contributed by atoms with Gasteiger partial charge in [-0.05, 0) is 44.2 Å². The molecule has 4 rings (SSSR count). The van der Waals surface area contributed by atoms with E-state index in [0.717, 1.165) is 27.7 Å². The number of fused-ring (bicyclic) bond motifs is 2. The number of amides is 1. The van der Waals surface area contributed by atoms with E-state index in [1.807, 2.05) is 56.3 Å². The van der Waals surface area contributed by atoms with Gasteiger partial charge in [0.05, 0.1) is 17.6 Å². The molecule has 2 aromatic heterocycles. The van der Waals surface area contributed by atoms with Crippen LogP contribution < -0.4 is 10.2 Å². The number of hydrogen-bond acceptors (Lipinski definition) is 4. The number of ether oxygens (including phenoxy) is 1. The third kappa shape index (κ3) is 2.61. The molecule has 0 aliphatic rings. The Kier molecular flexibility index (Phi) is 3.65. The van der Waals surface area contributed by atoms with Gasteiger partial charge in [0.1, 0.15) is 17.7 Å². The highest BCUT2D eigenvalue weighted by Crippen LogP contribution is 2.29. The smallest absolute Gasteiger partial charge is 0.306 e. The molecule has 4 aromatic rings. The van der Waals surface area contributed by atoms with E-state index in [-0.39, 0.29) is 11.7 Å². The van der Waals surface area contributed by atoms with Crippen molar-refractivity contribution in [2.24, 2.45) is 0 Å². The average molecular weight is 335 g/mol. The third-order valence-electron chi connectivity index (χ3n) is 4.10. The first kappa shape index (κ1) is 15.3. The molecular weight excluding hydrogens is 318 g/mol. The molecule has 2 aromatic carbocycles. The van der Waals surface area contributed by atoms with Gasteiger partial charge in [0.2, 0.25) is 0 Å². The molecule has 2 heterocycles. The second-order valence-electron chi connectivity index (χ2n) is 5.69. The van der Waals surface area contributed by atoms with Crippen LogP contribution in [0.2, 0.25) is 0 Å². The van der Waals surface area contributed by atoms with Crippen LogP contribution in [0.25, 0.3) is 22.0 Å². The number of carbonyl (C=O) groups is 1. The minimum atomic E-state index is -0.324. The van der Waals surface area contributed by atoms with Gasteiger partial charge < -0.3 is 9.15 Å². The van der Waals surface area contributed by atoms with Crippen molar-refractivity contribution in [1.82, 2.24) is 9.66 Å². The van der Waals surface area contributed by atoms with Crippen molar-refractivity contribution in [2.75, 3.05) is 12.0 Å². The number of rotatable bonds is 4. The molecule has 1 N–H and O–H groups in total. The van der Waals surface area contributed by atoms with Crippen molar-refractivity contribution in [2.45, 2.75) is 13.8 Å². The lowest BCUT2D eigenvalue weighted by Gasteiger charge is -2.05. The van der Waals surface area contributed by atoms with Crippen LogP contribution in [0.1, 0.15) is 23.0 Å². The van der Waals surface area contributed by atoms with Gasteiger partial charge in [0.15, 0.2) is 5.76 Å². The summed E-state index contributed by atoms with van der Waals surface area (Å²) < 4.78 is 12.9. The van der Waals surface area contributed by atoms with E-state index >= 15 is 0 Å². The Hall–Kier alpha value is -3.28. The lowest BCUT2D eigenvalue weighted by atomic mass is 10.1. The van der Waals surface area contributed by atoms with Crippen molar-refractivity contribution < 1.29 is 13.9 Å². The zero-order valence-electron chi connectivity index (χ0n) is 13.9. The number of nitrogens with one attached hydrogen (secondary N) is 1. The molecule has 0 aliphatic carbocycles. The fraction of sp³-hybridized carbons (Fsp3) is 0.158. The highest BCUT2D eigenvalue weighted by molar-refractivity contribution is 6.03. The van der Waals surface area contributed by atoms with Crippen molar-refractivity contribution in [3.05, 3.63) is 60.1 Å². The van der Waals surface area contributed by atoms with E-state index in [2.05, 4.69) is 10.4 Å². The van der Waals surface area contributed by atoms with Crippen molar-refractivity contribution >= 4 is 27.9 Å². The summed E-state index contributed by atoms with van der Waals surface area (Å²) in [5.74, 6) is 0.711. The zero-order valence-corrected chi connectivity index (χ0v) is 13.9. The summed E-state index contributed by atoms with van der Waals surface area (Å²) in [5, 5.41) is 0.867. The first-order chi connectivity index (χ1) is 12.2. The van der Waals surface area contributed by atoms with Crippen LogP contribution in [0.4, 0.5) is 0 Å². The predicted octanol–water partition coefficient (Wildman–Crippen LogP) is 3.87. The summed E-state index contributed by atoms with van der Waals surface area (Å²) in [6, 6.07) is 13.1. The number of hydrogen-bond donors (Lipinski definition) is 1. The SMILES string of the molecule is CCOc1ccc2oc(C(=O)Nn3cnc4ccccc43)c(C)c2c1. The van der Waals surface area contributed by atoms with Gasteiger partial charge in [0.25, 0.3) is 0 Å². The fourth-order valence-electron chi connectivity index (χ4n) is 2.88. The highest BCUT2D eigenvalue weighted by Gasteiger charge is 2.19. The normalized spacial score (nSPS) is 11.1. The molecule has 0 radical (unpaired) electrons. The van der Waals surface area contributed by atoms with Crippen LogP contribution in [0.3, 0.4) is 0 Å². The first-order valence-corrected chi connectivity index (χ1v) is 8.06. The van der Waals surface area contributed by atoms with Gasteiger partial charge in [-0.2, -0.15) is 0 Å². The van der Waals surface area contributed by atoms with E-state index in [1.165, 1.54) is 0 Å². The van der Waals surface area contributed by atoms with Gasteiger partial charge in [0, 0.05) is 10.9 Å². The Morgan fingerprint density at radius 1 is 1.28 bits per heavy atom. The average Bonchev–Trinajstić information content (AvgIpc) is 3.17. The summed E-state index contributed by atoms with van der Waals surface area (Å²) in [4.78, 5) is 16.9. The van der Waals surface area contributed by atoms with Crippen molar-refractivity contribution in [1.29, 1.82) is 0 Å². The summed E-state index contributed by atoms with van der Waals surface area (Å²) in [6.07, 6.45) is 1.58. The fourth-order valence-corrected chi connectivity index (χ4v) is 2.88. The summed E-state index contributed by atoms with van der Waals surface area (Å²) >= 11 is 0. The number of nitrogens with zero attached hydrogens (tertiary/aromatic N) is 2. The molecule has 0 spiro atoms. The maximum Gasteiger partial charge on any atom is 0.306 e. The number of aromatic nitrogens is 2. The van der Waals surface area contributed by atoms with Crippen LogP contribution in [-0.4, -0.2) is 22.2 Å². The zero-order chi connectivity index (χ0) is 17.4. The Morgan fingerprint density at radius 3 is 2.96 bits per heavy atom. The molecule has 6 nitrogen and oxygen atoms in total. The van der Waals surface area contributed by atoms with E-state index in [4.69, 9.17) is 9.15 Å². The van der Waals surface area contributed by atoms with Crippen molar-refractivity contribution in [3.8, 4) is 5.75 Å². The number of imidazole rings is 1. The molecule has 0 fully saturated rings. The lowest BCUT2D eigenvalue weighted by Crippen LogP contribution is -2.22. The molecule has 0 saturated carbocycles. The molecule has 6 heteroatoms.